The molecule has 1 aromatic carbocycles. The van der Waals surface area contributed by atoms with E-state index in [4.69, 9.17) is 9.47 Å². The molecule has 0 spiro atoms. The first-order chi connectivity index (χ1) is 11.0. The molecule has 0 bridgehead atoms. The largest absolute Gasteiger partial charge is 0.486 e. The fraction of sp³-hybridized carbons (Fsp3) is 0.267. The summed E-state index contributed by atoms with van der Waals surface area (Å²) < 4.78 is 11.0. The third kappa shape index (κ3) is 3.26. The minimum absolute atomic E-state index is 0.0536. The van der Waals surface area contributed by atoms with E-state index in [9.17, 15) is 14.9 Å². The molecule has 0 fully saturated rings. The molecule has 0 unspecified atom stereocenters. The molecule has 23 heavy (non-hydrogen) atoms. The molecule has 0 saturated heterocycles. The molecule has 2 aromatic rings. The second-order valence-corrected chi connectivity index (χ2v) is 6.06. The molecule has 1 amide bonds. The number of nitrogens with one attached hydrogen (secondary N) is 1. The number of rotatable bonds is 4. The van der Waals surface area contributed by atoms with Crippen LogP contribution < -0.4 is 14.8 Å². The minimum Gasteiger partial charge on any atom is -0.486 e. The zero-order chi connectivity index (χ0) is 16.4. The number of hydrogen-bond acceptors (Lipinski definition) is 6. The highest BCUT2D eigenvalue weighted by atomic mass is 32.1. The molecule has 7 nitrogen and oxygen atoms in total. The molecule has 2 heterocycles. The van der Waals surface area contributed by atoms with Gasteiger partial charge in [0.1, 0.15) is 13.2 Å². The van der Waals surface area contributed by atoms with Crippen molar-refractivity contribution in [2.45, 2.75) is 13.0 Å². The van der Waals surface area contributed by atoms with Crippen molar-refractivity contribution >= 4 is 22.2 Å². The highest BCUT2D eigenvalue weighted by Crippen LogP contribution is 2.32. The Bertz CT molecular complexity index is 758. The average molecular weight is 334 g/mol. The van der Waals surface area contributed by atoms with Gasteiger partial charge in [0.15, 0.2) is 11.5 Å². The third-order valence-corrected chi connectivity index (χ3v) is 4.45. The Morgan fingerprint density at radius 1 is 1.26 bits per heavy atom. The zero-order valence-electron chi connectivity index (χ0n) is 12.3. The highest BCUT2D eigenvalue weighted by molar-refractivity contribution is 7.17. The van der Waals surface area contributed by atoms with Crippen LogP contribution in [0.5, 0.6) is 11.5 Å². The predicted octanol–water partition coefficient (Wildman–Crippen LogP) is 2.92. The Kier molecular flexibility index (Phi) is 4.16. The van der Waals surface area contributed by atoms with Crippen LogP contribution in [-0.2, 0) is 0 Å². The van der Waals surface area contributed by atoms with Crippen molar-refractivity contribution in [3.05, 3.63) is 50.9 Å². The second-order valence-electron chi connectivity index (χ2n) is 4.99. The number of benzene rings is 1. The molecule has 120 valence electrons. The molecule has 0 aliphatic carbocycles. The Hall–Kier alpha value is -2.61. The average Bonchev–Trinajstić information content (AvgIpc) is 3.04. The van der Waals surface area contributed by atoms with Crippen LogP contribution in [0.4, 0.5) is 5.00 Å². The molecule has 3 rings (SSSR count). The molecule has 1 atom stereocenters. The SMILES string of the molecule is C[C@H](NC(=O)c1ccc([N+](=O)[O-])s1)c1ccc2c(c1)OCCO2. The lowest BCUT2D eigenvalue weighted by Crippen LogP contribution is -2.26. The lowest BCUT2D eigenvalue weighted by atomic mass is 10.1. The quantitative estimate of drug-likeness (QED) is 0.686. The van der Waals surface area contributed by atoms with Crippen molar-refractivity contribution in [3.8, 4) is 11.5 Å². The Labute approximate surface area is 136 Å². The number of fused-ring (bicyclic) bond motifs is 1. The van der Waals surface area contributed by atoms with Crippen LogP contribution in [0.3, 0.4) is 0 Å². The predicted molar refractivity (Wildman–Crippen MR) is 84.3 cm³/mol. The van der Waals surface area contributed by atoms with Gasteiger partial charge in [0.25, 0.3) is 5.91 Å². The van der Waals surface area contributed by atoms with Gasteiger partial charge < -0.3 is 14.8 Å². The summed E-state index contributed by atoms with van der Waals surface area (Å²) in [5, 5.41) is 13.4. The van der Waals surface area contributed by atoms with Crippen LogP contribution in [0.1, 0.15) is 28.2 Å². The maximum absolute atomic E-state index is 12.2. The standard InChI is InChI=1S/C15H14N2O5S/c1-9(10-2-3-11-12(8-10)22-7-6-21-11)16-15(18)13-4-5-14(23-13)17(19)20/h2-5,8-9H,6-7H2,1H3,(H,16,18)/t9-/m0/s1. The zero-order valence-corrected chi connectivity index (χ0v) is 13.1. The maximum atomic E-state index is 12.2. The van der Waals surface area contributed by atoms with Gasteiger partial charge in [0.2, 0.25) is 0 Å². The van der Waals surface area contributed by atoms with Gasteiger partial charge >= 0.3 is 5.00 Å². The number of carbonyl (C=O) groups excluding carboxylic acids is 1. The lowest BCUT2D eigenvalue weighted by molar-refractivity contribution is -0.380. The van der Waals surface area contributed by atoms with Crippen molar-refractivity contribution in [1.29, 1.82) is 0 Å². The van der Waals surface area contributed by atoms with E-state index in [0.717, 1.165) is 16.9 Å². The summed E-state index contributed by atoms with van der Waals surface area (Å²) in [5.41, 5.74) is 0.869. The van der Waals surface area contributed by atoms with Gasteiger partial charge in [-0.1, -0.05) is 17.4 Å². The number of thiophene rings is 1. The van der Waals surface area contributed by atoms with Crippen LogP contribution in [0.2, 0.25) is 0 Å². The minimum atomic E-state index is -0.508. The molecule has 0 saturated carbocycles. The summed E-state index contributed by atoms with van der Waals surface area (Å²) in [7, 11) is 0. The monoisotopic (exact) mass is 334 g/mol. The van der Waals surface area contributed by atoms with Crippen molar-refractivity contribution in [2.75, 3.05) is 13.2 Å². The van der Waals surface area contributed by atoms with Crippen LogP contribution in [0, 0.1) is 10.1 Å². The maximum Gasteiger partial charge on any atom is 0.324 e. The van der Waals surface area contributed by atoms with Crippen molar-refractivity contribution in [2.24, 2.45) is 0 Å². The molecular formula is C15H14N2O5S. The molecular weight excluding hydrogens is 320 g/mol. The first-order valence-electron chi connectivity index (χ1n) is 6.99. The summed E-state index contributed by atoms with van der Waals surface area (Å²) in [6.45, 7) is 2.86. The summed E-state index contributed by atoms with van der Waals surface area (Å²) >= 11 is 0.853. The van der Waals surface area contributed by atoms with Crippen molar-refractivity contribution in [1.82, 2.24) is 5.32 Å². The van der Waals surface area contributed by atoms with Crippen LogP contribution >= 0.6 is 11.3 Å². The number of amides is 1. The Morgan fingerprint density at radius 3 is 2.70 bits per heavy atom. The number of hydrogen-bond donors (Lipinski definition) is 1. The van der Waals surface area contributed by atoms with E-state index in [1.54, 1.807) is 0 Å². The lowest BCUT2D eigenvalue weighted by Gasteiger charge is -2.21. The summed E-state index contributed by atoms with van der Waals surface area (Å²) in [6, 6.07) is 8.01. The van der Waals surface area contributed by atoms with Gasteiger partial charge in [-0.3, -0.25) is 14.9 Å². The molecule has 0 radical (unpaired) electrons. The fourth-order valence-corrected chi connectivity index (χ4v) is 2.95. The number of nitrogens with zero attached hydrogens (tertiary/aromatic N) is 1. The topological polar surface area (TPSA) is 90.7 Å². The van der Waals surface area contributed by atoms with Gasteiger partial charge in [-0.05, 0) is 30.7 Å². The number of carbonyl (C=O) groups is 1. The van der Waals surface area contributed by atoms with Crippen LogP contribution in [0.15, 0.2) is 30.3 Å². The first kappa shape index (κ1) is 15.3. The van der Waals surface area contributed by atoms with E-state index < -0.39 is 4.92 Å². The van der Waals surface area contributed by atoms with E-state index in [-0.39, 0.29) is 17.0 Å². The van der Waals surface area contributed by atoms with E-state index in [1.807, 2.05) is 25.1 Å². The van der Waals surface area contributed by atoms with Crippen molar-refractivity contribution < 1.29 is 19.2 Å². The summed E-state index contributed by atoms with van der Waals surface area (Å²) in [4.78, 5) is 22.6. The summed E-state index contributed by atoms with van der Waals surface area (Å²) in [5.74, 6) is 1.000. The van der Waals surface area contributed by atoms with Gasteiger partial charge in [-0.2, -0.15) is 0 Å². The molecule has 1 N–H and O–H groups in total. The van der Waals surface area contributed by atoms with Crippen LogP contribution in [0.25, 0.3) is 0 Å². The van der Waals surface area contributed by atoms with E-state index in [1.165, 1.54) is 12.1 Å². The number of nitro groups is 1. The molecule has 1 aliphatic heterocycles. The first-order valence-corrected chi connectivity index (χ1v) is 7.81. The Morgan fingerprint density at radius 2 is 2.00 bits per heavy atom. The smallest absolute Gasteiger partial charge is 0.324 e. The Balaban J connectivity index is 1.71. The van der Waals surface area contributed by atoms with Gasteiger partial charge in [0, 0.05) is 6.07 Å². The molecule has 1 aromatic heterocycles. The van der Waals surface area contributed by atoms with Gasteiger partial charge in [-0.15, -0.1) is 0 Å². The normalized spacial score (nSPS) is 14.1. The highest BCUT2D eigenvalue weighted by Gasteiger charge is 2.19. The third-order valence-electron chi connectivity index (χ3n) is 3.41. The van der Waals surface area contributed by atoms with E-state index in [0.29, 0.717) is 29.6 Å². The number of ether oxygens (including phenoxy) is 2. The van der Waals surface area contributed by atoms with Crippen molar-refractivity contribution in [3.63, 3.8) is 0 Å². The fourth-order valence-electron chi connectivity index (χ4n) is 2.23. The van der Waals surface area contributed by atoms with Gasteiger partial charge in [0.05, 0.1) is 15.8 Å². The molecule has 8 heteroatoms. The summed E-state index contributed by atoms with van der Waals surface area (Å²) in [6.07, 6.45) is 0. The van der Waals surface area contributed by atoms with E-state index >= 15 is 0 Å². The van der Waals surface area contributed by atoms with Gasteiger partial charge in [-0.25, -0.2) is 0 Å². The molecule has 1 aliphatic rings. The second kappa shape index (κ2) is 6.25. The van der Waals surface area contributed by atoms with E-state index in [2.05, 4.69) is 5.32 Å². The van der Waals surface area contributed by atoms with Crippen LogP contribution in [-0.4, -0.2) is 24.0 Å².